The van der Waals surface area contributed by atoms with Crippen molar-refractivity contribution in [2.75, 3.05) is 7.05 Å². The number of rotatable bonds is 15. The number of aromatic hydroxyl groups is 1. The van der Waals surface area contributed by atoms with E-state index in [4.69, 9.17) is 10.5 Å². The van der Waals surface area contributed by atoms with Gasteiger partial charge in [-0.25, -0.2) is 4.79 Å². The predicted octanol–water partition coefficient (Wildman–Crippen LogP) is 0.500. The highest BCUT2D eigenvalue weighted by Gasteiger charge is 2.46. The molecule has 2 heterocycles. The Balaban J connectivity index is 2.26. The highest BCUT2D eigenvalue weighted by atomic mass is 16.5. The molecule has 1 aromatic carbocycles. The number of cyclic esters (lactones) is 1. The zero-order chi connectivity index (χ0) is 49.7. The molecule has 2 unspecified atom stereocenters. The lowest BCUT2D eigenvalue weighted by molar-refractivity contribution is -0.166. The molecule has 2 bridgehead atoms. The van der Waals surface area contributed by atoms with E-state index < -0.39 is 120 Å². The maximum absolute atomic E-state index is 14.8. The summed E-state index contributed by atoms with van der Waals surface area (Å²) in [7, 11) is 1.38. The van der Waals surface area contributed by atoms with E-state index in [2.05, 4.69) is 26.6 Å². The summed E-state index contributed by atoms with van der Waals surface area (Å²) in [4.78, 5) is 128. The number of nitrogens with zero attached hydrogens (tertiary/aromatic N) is 2. The summed E-state index contributed by atoms with van der Waals surface area (Å²) in [5.74, 6) is -8.90. The average Bonchev–Trinajstić information content (AvgIpc) is 3.24. The number of esters is 1. The number of likely N-dealkylation sites (N-methyl/N-ethyl adjacent to an activating group) is 1. The molecule has 3 rings (SSSR count). The summed E-state index contributed by atoms with van der Waals surface area (Å²) in [5.41, 5.74) is 5.90. The summed E-state index contributed by atoms with van der Waals surface area (Å²) >= 11 is 0. The van der Waals surface area contributed by atoms with E-state index in [9.17, 15) is 53.4 Å². The molecular weight excluding hydrogens is 857 g/mol. The number of phenols is 1. The molecule has 0 saturated carbocycles. The van der Waals surface area contributed by atoms with Gasteiger partial charge in [-0.05, 0) is 74.5 Å². The number of fused-ring (bicyclic) bond motifs is 2. The number of nitrogens with two attached hydrogens (primary N) is 1. The molecule has 9 N–H and O–H groups in total. The van der Waals surface area contributed by atoms with Crippen LogP contribution >= 0.6 is 0 Å². The van der Waals surface area contributed by atoms with Gasteiger partial charge in [0.25, 0.3) is 0 Å². The molecule has 20 nitrogen and oxygen atoms in total. The fraction of sp³-hybridized carbons (Fsp3) is 0.674. The minimum absolute atomic E-state index is 0.0215. The number of hydrogen-bond donors (Lipinski definition) is 8. The summed E-state index contributed by atoms with van der Waals surface area (Å²) in [5, 5.41) is 34.6. The number of nitrogens with one attached hydrogen (secondary N) is 5. The average molecular weight is 929 g/mol. The van der Waals surface area contributed by atoms with Gasteiger partial charge in [-0.1, -0.05) is 73.9 Å². The highest BCUT2D eigenvalue weighted by molar-refractivity contribution is 5.98. The van der Waals surface area contributed by atoms with Gasteiger partial charge >= 0.3 is 5.97 Å². The Labute approximate surface area is 387 Å². The van der Waals surface area contributed by atoms with Crippen LogP contribution in [0.25, 0.3) is 0 Å². The van der Waals surface area contributed by atoms with Crippen molar-refractivity contribution < 1.29 is 58.1 Å². The fourth-order valence-corrected chi connectivity index (χ4v) is 7.85. The van der Waals surface area contributed by atoms with Crippen LogP contribution in [-0.2, 0) is 54.3 Å². The molecule has 2 aliphatic heterocycles. The third-order valence-electron chi connectivity index (χ3n) is 12.0. The first-order chi connectivity index (χ1) is 30.9. The summed E-state index contributed by atoms with van der Waals surface area (Å²) in [6.07, 6.45) is -3.25. The molecule has 368 valence electrons. The Morgan fingerprint density at radius 3 is 2.02 bits per heavy atom. The Kier molecular flexibility index (Phi) is 20.4. The highest BCUT2D eigenvalue weighted by Crippen LogP contribution is 2.27. The van der Waals surface area contributed by atoms with Crippen molar-refractivity contribution >= 4 is 53.2 Å². The zero-order valence-corrected chi connectivity index (χ0v) is 39.9. The van der Waals surface area contributed by atoms with Crippen LogP contribution in [0.5, 0.6) is 5.75 Å². The monoisotopic (exact) mass is 929 g/mol. The van der Waals surface area contributed by atoms with Crippen molar-refractivity contribution in [1.82, 2.24) is 36.4 Å². The first kappa shape index (κ1) is 54.5. The summed E-state index contributed by atoms with van der Waals surface area (Å²) in [6.45, 7) is 15.2. The maximum atomic E-state index is 14.8. The normalized spacial score (nSPS) is 26.0. The molecule has 0 aliphatic carbocycles. The number of phenolic OH excluding ortho intramolecular Hbond substituents is 1. The Morgan fingerprint density at radius 2 is 1.45 bits per heavy atom. The lowest BCUT2D eigenvalue weighted by Gasteiger charge is -2.43. The largest absolute Gasteiger partial charge is 0.508 e. The van der Waals surface area contributed by atoms with Crippen LogP contribution in [0.2, 0.25) is 0 Å². The number of ether oxygens (including phenoxy) is 1. The van der Waals surface area contributed by atoms with Gasteiger partial charge in [0, 0.05) is 25.8 Å². The molecule has 0 aromatic heterocycles. The molecule has 1 aromatic rings. The van der Waals surface area contributed by atoms with E-state index in [1.165, 1.54) is 26.1 Å². The van der Waals surface area contributed by atoms with Crippen LogP contribution in [0.4, 0.5) is 0 Å². The van der Waals surface area contributed by atoms with Crippen LogP contribution in [0.3, 0.4) is 0 Å². The number of aliphatic hydroxyl groups excluding tert-OH is 1. The van der Waals surface area contributed by atoms with Crippen molar-refractivity contribution in [2.24, 2.45) is 29.4 Å². The smallest absolute Gasteiger partial charge is 0.329 e. The molecule has 66 heavy (non-hydrogen) atoms. The lowest BCUT2D eigenvalue weighted by atomic mass is 9.94. The van der Waals surface area contributed by atoms with E-state index >= 15 is 0 Å². The van der Waals surface area contributed by atoms with Crippen molar-refractivity contribution in [3.05, 3.63) is 29.8 Å². The van der Waals surface area contributed by atoms with Crippen LogP contribution in [0.15, 0.2) is 24.3 Å². The second-order valence-electron chi connectivity index (χ2n) is 18.8. The predicted molar refractivity (Wildman–Crippen MR) is 241 cm³/mol. The molecule has 0 spiro atoms. The van der Waals surface area contributed by atoms with Gasteiger partial charge in [0.05, 0.1) is 0 Å². The van der Waals surface area contributed by atoms with Gasteiger partial charge in [0.1, 0.15) is 60.4 Å². The molecule has 2 saturated heterocycles. The number of aliphatic hydroxyl groups is 1. The Morgan fingerprint density at radius 1 is 0.833 bits per heavy atom. The van der Waals surface area contributed by atoms with Gasteiger partial charge in [-0.3, -0.25) is 38.4 Å². The first-order valence-corrected chi connectivity index (χ1v) is 22.9. The Bertz CT molecular complexity index is 1910. The number of carbonyl (C=O) groups excluding carboxylic acids is 9. The molecule has 8 amide bonds. The van der Waals surface area contributed by atoms with Crippen molar-refractivity contribution in [3.63, 3.8) is 0 Å². The number of amides is 8. The first-order valence-electron chi connectivity index (χ1n) is 22.9. The van der Waals surface area contributed by atoms with E-state index in [1.807, 2.05) is 13.8 Å². The number of carbonyl (C=O) groups is 9. The van der Waals surface area contributed by atoms with Crippen LogP contribution < -0.4 is 32.3 Å². The van der Waals surface area contributed by atoms with E-state index in [-0.39, 0.29) is 62.5 Å². The number of piperidine rings is 1. The zero-order valence-electron chi connectivity index (χ0n) is 39.9. The number of primary amides is 1. The van der Waals surface area contributed by atoms with Gasteiger partial charge < -0.3 is 57.1 Å². The maximum Gasteiger partial charge on any atom is 0.329 e. The van der Waals surface area contributed by atoms with Crippen LogP contribution in [-0.4, -0.2) is 135 Å². The fourth-order valence-electron chi connectivity index (χ4n) is 7.85. The van der Waals surface area contributed by atoms with E-state index in [1.54, 1.807) is 53.7 Å². The van der Waals surface area contributed by atoms with Gasteiger partial charge in [-0.2, -0.15) is 0 Å². The topological polar surface area (TPSA) is 296 Å². The van der Waals surface area contributed by atoms with Crippen molar-refractivity contribution in [3.8, 4) is 5.75 Å². The molecular formula is C46H72N8O12. The quantitative estimate of drug-likeness (QED) is 0.112. The van der Waals surface area contributed by atoms with E-state index in [0.717, 1.165) is 9.80 Å². The number of hydrogen-bond acceptors (Lipinski definition) is 12. The second kappa shape index (κ2) is 24.7. The molecule has 0 radical (unpaired) electrons. The molecule has 2 fully saturated rings. The summed E-state index contributed by atoms with van der Waals surface area (Å²) < 4.78 is 5.90. The summed E-state index contributed by atoms with van der Waals surface area (Å²) in [6, 6.07) is -3.77. The van der Waals surface area contributed by atoms with Crippen molar-refractivity contribution in [1.29, 1.82) is 0 Å². The minimum atomic E-state index is -1.74. The van der Waals surface area contributed by atoms with E-state index in [0.29, 0.717) is 12.0 Å². The SMILES string of the molecule is CC[C@H](C)[C@@H]1NC(=O)[C@H](Cc2ccc(O)cc2)N(C)C(=O)[C@@H](CC(C)C)N2C(=O)C(CCC2O)NC(=O)[C@H](CC(C)C)NC(=O)[C@@H](NC(=O)[C@H](CCC(N)=O)NC(=O)C(C)C)[C@@H](C)OC1=O. The Hall–Kier alpha value is -5.79. The second-order valence-corrected chi connectivity index (χ2v) is 18.8. The van der Waals surface area contributed by atoms with Gasteiger partial charge in [0.15, 0.2) is 0 Å². The minimum Gasteiger partial charge on any atom is -0.508 e. The van der Waals surface area contributed by atoms with Gasteiger partial charge in [-0.15, -0.1) is 0 Å². The van der Waals surface area contributed by atoms with Crippen LogP contribution in [0, 0.1) is 23.7 Å². The van der Waals surface area contributed by atoms with Crippen LogP contribution in [0.1, 0.15) is 113 Å². The number of benzene rings is 1. The van der Waals surface area contributed by atoms with Gasteiger partial charge in [0.2, 0.25) is 47.3 Å². The third-order valence-corrected chi connectivity index (χ3v) is 12.0. The molecule has 2 aliphatic rings. The standard InChI is InChI=1S/C46H72N8O12/c1-11-26(8)37-46(65)66-27(9)38(52-40(59)30(16-18-35(47)56)48-39(58)25(6)7)43(62)50-32(20-23(2)3)41(60)49-31-17-19-36(57)54(44(31)63)34(21-24(4)5)45(64)53(10)33(42(61)51-37)22-28-12-14-29(55)15-13-28/h12-15,23-27,30-34,36-38,55,57H,11,16-22H2,1-10H3,(H2,47,56)(H,48,58)(H,49,60)(H,50,62)(H,51,61)(H,52,59)/t26-,27+,30-,31?,32-,33-,34+,36?,37-,38-/m0/s1. The molecule has 20 heteroatoms. The van der Waals surface area contributed by atoms with Crippen molar-refractivity contribution in [2.45, 2.75) is 168 Å². The lowest BCUT2D eigenvalue weighted by Crippen LogP contribution is -2.65. The molecule has 10 atom stereocenters. The third kappa shape index (κ3) is 15.1.